The van der Waals surface area contributed by atoms with Crippen LogP contribution in [0.3, 0.4) is 0 Å². The predicted octanol–water partition coefficient (Wildman–Crippen LogP) is 4.30. The van der Waals surface area contributed by atoms with Crippen LogP contribution in [-0.2, 0) is 11.3 Å². The van der Waals surface area contributed by atoms with Gasteiger partial charge in [0.1, 0.15) is 6.10 Å². The number of nitrogens with zero attached hydrogens (tertiary/aromatic N) is 5. The maximum Gasteiger partial charge on any atom is 0.410 e. The van der Waals surface area contributed by atoms with Gasteiger partial charge in [0.05, 0.1) is 12.1 Å². The number of aromatic nitrogens is 2. The number of anilines is 1. The molecular formula is C27H37N5O2. The second kappa shape index (κ2) is 9.17. The summed E-state index contributed by atoms with van der Waals surface area (Å²) in [4.78, 5) is 28.8. The minimum atomic E-state index is -0.170. The van der Waals surface area contributed by atoms with Gasteiger partial charge in [0.15, 0.2) is 0 Å². The lowest BCUT2D eigenvalue weighted by Gasteiger charge is -2.58. The van der Waals surface area contributed by atoms with E-state index in [1.807, 2.05) is 17.3 Å². The summed E-state index contributed by atoms with van der Waals surface area (Å²) in [5.74, 6) is 1.15. The first-order chi connectivity index (χ1) is 16.3. The molecule has 1 aliphatic carbocycles. The van der Waals surface area contributed by atoms with Crippen molar-refractivity contribution in [1.29, 1.82) is 0 Å². The molecule has 0 unspecified atom stereocenters. The Bertz CT molecular complexity index is 970. The monoisotopic (exact) mass is 463 g/mol. The Morgan fingerprint density at radius 1 is 1.06 bits per heavy atom. The summed E-state index contributed by atoms with van der Waals surface area (Å²) in [5.41, 5.74) is 2.86. The van der Waals surface area contributed by atoms with Gasteiger partial charge < -0.3 is 9.64 Å². The van der Waals surface area contributed by atoms with E-state index in [1.54, 1.807) is 0 Å². The molecule has 1 saturated carbocycles. The van der Waals surface area contributed by atoms with E-state index >= 15 is 0 Å². The van der Waals surface area contributed by atoms with Crippen molar-refractivity contribution in [3.8, 4) is 0 Å². The standard InChI is InChI=1S/C27H37N5O2/c1-19(2)23-12-28-25(29-13-23)31-14-20(3)32(21(4)15-31)26(33)34-24-10-27(11-24)17-30(18-27)16-22-8-6-5-7-9-22/h5-9,12-13,19-21,24H,10-11,14-18H2,1-4H3/t20-,21+. The van der Waals surface area contributed by atoms with Crippen LogP contribution in [0.4, 0.5) is 10.7 Å². The van der Waals surface area contributed by atoms with Crippen molar-refractivity contribution in [2.75, 3.05) is 31.1 Å². The molecule has 3 aliphatic rings. The molecule has 0 bridgehead atoms. The van der Waals surface area contributed by atoms with Gasteiger partial charge in [0.2, 0.25) is 5.95 Å². The van der Waals surface area contributed by atoms with E-state index in [1.165, 1.54) is 5.56 Å². The Morgan fingerprint density at radius 3 is 2.26 bits per heavy atom. The first kappa shape index (κ1) is 23.1. The first-order valence-electron chi connectivity index (χ1n) is 12.6. The third-order valence-corrected chi connectivity index (χ3v) is 7.69. The second-order valence-electron chi connectivity index (χ2n) is 11.0. The van der Waals surface area contributed by atoms with Gasteiger partial charge >= 0.3 is 6.09 Å². The number of piperazine rings is 1. The summed E-state index contributed by atoms with van der Waals surface area (Å²) in [6, 6.07) is 10.7. The van der Waals surface area contributed by atoms with Crippen molar-refractivity contribution in [3.05, 3.63) is 53.9 Å². The number of likely N-dealkylation sites (tertiary alicyclic amines) is 1. The third-order valence-electron chi connectivity index (χ3n) is 7.69. The summed E-state index contributed by atoms with van der Waals surface area (Å²) in [6.07, 6.45) is 5.69. The summed E-state index contributed by atoms with van der Waals surface area (Å²) in [6.45, 7) is 13.1. The second-order valence-corrected chi connectivity index (χ2v) is 11.0. The minimum Gasteiger partial charge on any atom is -0.446 e. The van der Waals surface area contributed by atoms with Crippen LogP contribution in [0.5, 0.6) is 0 Å². The lowest BCUT2D eigenvalue weighted by molar-refractivity contribution is -0.137. The number of rotatable bonds is 5. The molecule has 1 amide bonds. The molecule has 5 rings (SSSR count). The molecule has 1 aromatic heterocycles. The summed E-state index contributed by atoms with van der Waals surface area (Å²) in [5, 5.41) is 0. The Hall–Kier alpha value is -2.67. The molecule has 0 radical (unpaired) electrons. The zero-order valence-corrected chi connectivity index (χ0v) is 20.9. The third kappa shape index (κ3) is 4.63. The Kier molecular flexibility index (Phi) is 6.23. The molecule has 2 aliphatic heterocycles. The smallest absolute Gasteiger partial charge is 0.410 e. The Labute approximate surface area is 203 Å². The lowest BCUT2D eigenvalue weighted by atomic mass is 9.61. The number of hydrogen-bond acceptors (Lipinski definition) is 6. The molecule has 1 aromatic carbocycles. The molecule has 7 nitrogen and oxygen atoms in total. The van der Waals surface area contributed by atoms with E-state index in [0.717, 1.165) is 44.0 Å². The van der Waals surface area contributed by atoms with Crippen LogP contribution in [0.2, 0.25) is 0 Å². The fourth-order valence-corrected chi connectivity index (χ4v) is 5.95. The summed E-state index contributed by atoms with van der Waals surface area (Å²) < 4.78 is 5.95. The number of ether oxygens (including phenoxy) is 1. The van der Waals surface area contributed by atoms with Crippen LogP contribution >= 0.6 is 0 Å². The molecule has 2 saturated heterocycles. The highest BCUT2D eigenvalue weighted by molar-refractivity contribution is 5.69. The highest BCUT2D eigenvalue weighted by Crippen LogP contribution is 2.50. The maximum absolute atomic E-state index is 13.1. The van der Waals surface area contributed by atoms with Gasteiger partial charge in [-0.05, 0) is 43.7 Å². The zero-order chi connectivity index (χ0) is 23.9. The molecule has 34 heavy (non-hydrogen) atoms. The highest BCUT2D eigenvalue weighted by Gasteiger charge is 2.54. The SMILES string of the molecule is CC(C)c1cnc(N2C[C@@H](C)N(C(=O)OC3CC4(C3)CN(Cc3ccccc3)C4)[C@@H](C)C2)nc1. The molecule has 0 N–H and O–H groups in total. The van der Waals surface area contributed by atoms with Crippen LogP contribution in [0.1, 0.15) is 57.6 Å². The van der Waals surface area contributed by atoms with Gasteiger partial charge in [-0.2, -0.15) is 0 Å². The average Bonchev–Trinajstić information content (AvgIpc) is 2.76. The molecule has 2 aromatic rings. The van der Waals surface area contributed by atoms with Gasteiger partial charge in [0, 0.05) is 50.5 Å². The Morgan fingerprint density at radius 2 is 1.68 bits per heavy atom. The molecule has 3 fully saturated rings. The summed E-state index contributed by atoms with van der Waals surface area (Å²) >= 11 is 0. The molecule has 1 spiro atoms. The van der Waals surface area contributed by atoms with Gasteiger partial charge in [0.25, 0.3) is 0 Å². The predicted molar refractivity (Wildman–Crippen MR) is 133 cm³/mol. The van der Waals surface area contributed by atoms with Gasteiger partial charge in [-0.1, -0.05) is 44.2 Å². The van der Waals surface area contributed by atoms with E-state index in [9.17, 15) is 4.79 Å². The molecule has 2 atom stereocenters. The normalized spacial score (nSPS) is 24.7. The number of benzene rings is 1. The number of carbonyl (C=O) groups is 1. The molecule has 182 valence electrons. The first-order valence-corrected chi connectivity index (χ1v) is 12.6. The van der Waals surface area contributed by atoms with E-state index in [-0.39, 0.29) is 24.3 Å². The van der Waals surface area contributed by atoms with E-state index in [2.05, 4.69) is 77.8 Å². The molecular weight excluding hydrogens is 426 g/mol. The van der Waals surface area contributed by atoms with Gasteiger partial charge in [-0.3, -0.25) is 9.80 Å². The van der Waals surface area contributed by atoms with Crippen molar-refractivity contribution in [3.63, 3.8) is 0 Å². The Balaban J connectivity index is 1.09. The van der Waals surface area contributed by atoms with Crippen molar-refractivity contribution >= 4 is 12.0 Å². The molecule has 3 heterocycles. The van der Waals surface area contributed by atoms with Gasteiger partial charge in [-0.15, -0.1) is 0 Å². The topological polar surface area (TPSA) is 61.8 Å². The number of carbonyl (C=O) groups excluding carboxylic acids is 1. The van der Waals surface area contributed by atoms with Crippen LogP contribution in [0.25, 0.3) is 0 Å². The lowest BCUT2D eigenvalue weighted by Crippen LogP contribution is -2.65. The van der Waals surface area contributed by atoms with Crippen LogP contribution in [0, 0.1) is 5.41 Å². The van der Waals surface area contributed by atoms with Crippen LogP contribution < -0.4 is 4.90 Å². The zero-order valence-electron chi connectivity index (χ0n) is 20.9. The van der Waals surface area contributed by atoms with E-state index in [0.29, 0.717) is 24.4 Å². The number of amides is 1. The molecule has 7 heteroatoms. The van der Waals surface area contributed by atoms with E-state index < -0.39 is 0 Å². The fraction of sp³-hybridized carbons (Fsp3) is 0.593. The van der Waals surface area contributed by atoms with Crippen molar-refractivity contribution < 1.29 is 9.53 Å². The average molecular weight is 464 g/mol. The number of hydrogen-bond donors (Lipinski definition) is 0. The minimum absolute atomic E-state index is 0.0451. The maximum atomic E-state index is 13.1. The van der Waals surface area contributed by atoms with Crippen molar-refractivity contribution in [2.45, 2.75) is 71.2 Å². The fourth-order valence-electron chi connectivity index (χ4n) is 5.95. The van der Waals surface area contributed by atoms with Gasteiger partial charge in [-0.25, -0.2) is 14.8 Å². The van der Waals surface area contributed by atoms with Crippen LogP contribution in [0.15, 0.2) is 42.7 Å². The van der Waals surface area contributed by atoms with Crippen molar-refractivity contribution in [2.24, 2.45) is 5.41 Å². The highest BCUT2D eigenvalue weighted by atomic mass is 16.6. The van der Waals surface area contributed by atoms with Crippen molar-refractivity contribution in [1.82, 2.24) is 19.8 Å². The largest absolute Gasteiger partial charge is 0.446 e. The van der Waals surface area contributed by atoms with Crippen LogP contribution in [-0.4, -0.2) is 70.2 Å². The quantitative estimate of drug-likeness (QED) is 0.659. The summed E-state index contributed by atoms with van der Waals surface area (Å²) in [7, 11) is 0. The van der Waals surface area contributed by atoms with E-state index in [4.69, 9.17) is 4.74 Å².